The first kappa shape index (κ1) is 9.68. The van der Waals surface area contributed by atoms with Gasteiger partial charge >= 0.3 is 5.97 Å². The Hall–Kier alpha value is -1.32. The molecule has 0 aliphatic carbocycles. The van der Waals surface area contributed by atoms with Crippen LogP contribution in [0.25, 0.3) is 0 Å². The normalized spacial score (nSPS) is 10.9. The van der Waals surface area contributed by atoms with Gasteiger partial charge in [0.1, 0.15) is 6.61 Å². The molecule has 0 amide bonds. The van der Waals surface area contributed by atoms with E-state index >= 15 is 0 Å². The molecule has 0 radical (unpaired) electrons. The van der Waals surface area contributed by atoms with Crippen LogP contribution in [0.3, 0.4) is 0 Å². The van der Waals surface area contributed by atoms with Gasteiger partial charge in [-0.3, -0.25) is 0 Å². The lowest BCUT2D eigenvalue weighted by Crippen LogP contribution is -2.08. The number of carboxylic acid groups (broad SMARTS) is 1. The monoisotopic (exact) mass is 157 g/mol. The number of nitrogens with zero attached hydrogens (tertiary/aromatic N) is 1. The molecule has 0 saturated heterocycles. The fourth-order valence-electron chi connectivity index (χ4n) is 0.278. The first-order valence-corrected chi connectivity index (χ1v) is 3.08. The molecule has 0 atom stereocenters. The molecular formula is C7H11NO3. The van der Waals surface area contributed by atoms with E-state index in [0.717, 1.165) is 5.57 Å². The highest BCUT2D eigenvalue weighted by Gasteiger charge is 2.00. The van der Waals surface area contributed by atoms with E-state index < -0.39 is 5.97 Å². The molecule has 4 nitrogen and oxygen atoms in total. The van der Waals surface area contributed by atoms with Crippen LogP contribution in [0, 0.1) is 0 Å². The molecule has 0 aromatic rings. The van der Waals surface area contributed by atoms with Crippen molar-refractivity contribution >= 4 is 11.7 Å². The summed E-state index contributed by atoms with van der Waals surface area (Å²) in [6, 6.07) is 0. The van der Waals surface area contributed by atoms with E-state index in [1.54, 1.807) is 6.92 Å². The van der Waals surface area contributed by atoms with Gasteiger partial charge in [0.05, 0.1) is 0 Å². The number of aliphatic carboxylic acids is 1. The summed E-state index contributed by atoms with van der Waals surface area (Å²) < 4.78 is 0. The summed E-state index contributed by atoms with van der Waals surface area (Å²) in [6.07, 6.45) is 0. The fraction of sp³-hybridized carbons (Fsp3) is 0.429. The number of oxime groups is 1. The van der Waals surface area contributed by atoms with Crippen molar-refractivity contribution in [2.75, 3.05) is 6.61 Å². The van der Waals surface area contributed by atoms with Crippen molar-refractivity contribution in [1.82, 2.24) is 0 Å². The van der Waals surface area contributed by atoms with Gasteiger partial charge in [-0.1, -0.05) is 11.7 Å². The van der Waals surface area contributed by atoms with Gasteiger partial charge < -0.3 is 9.94 Å². The van der Waals surface area contributed by atoms with Crippen LogP contribution >= 0.6 is 0 Å². The lowest BCUT2D eigenvalue weighted by molar-refractivity contribution is -0.129. The zero-order valence-corrected chi connectivity index (χ0v) is 6.63. The molecule has 0 aromatic heterocycles. The molecule has 0 bridgehead atoms. The van der Waals surface area contributed by atoms with Crippen LogP contribution in [0.4, 0.5) is 0 Å². The molecule has 1 N–H and O–H groups in total. The SMILES string of the molecule is C=C(C)CO/N=C(/C)C(=O)O. The van der Waals surface area contributed by atoms with E-state index in [-0.39, 0.29) is 12.3 Å². The summed E-state index contributed by atoms with van der Waals surface area (Å²) >= 11 is 0. The minimum atomic E-state index is -1.08. The molecule has 0 aromatic carbocycles. The summed E-state index contributed by atoms with van der Waals surface area (Å²) in [5.74, 6) is -1.08. The summed E-state index contributed by atoms with van der Waals surface area (Å²) in [6.45, 7) is 6.94. The first-order chi connectivity index (χ1) is 5.04. The van der Waals surface area contributed by atoms with Crippen molar-refractivity contribution in [1.29, 1.82) is 0 Å². The summed E-state index contributed by atoms with van der Waals surface area (Å²) in [7, 11) is 0. The van der Waals surface area contributed by atoms with Crippen LogP contribution in [-0.2, 0) is 9.63 Å². The zero-order chi connectivity index (χ0) is 8.85. The van der Waals surface area contributed by atoms with Crippen molar-refractivity contribution in [3.05, 3.63) is 12.2 Å². The van der Waals surface area contributed by atoms with E-state index in [2.05, 4.69) is 16.6 Å². The van der Waals surface area contributed by atoms with E-state index in [9.17, 15) is 4.79 Å². The van der Waals surface area contributed by atoms with E-state index in [1.165, 1.54) is 6.92 Å². The van der Waals surface area contributed by atoms with Crippen LogP contribution in [-0.4, -0.2) is 23.4 Å². The van der Waals surface area contributed by atoms with Gasteiger partial charge in [0.25, 0.3) is 0 Å². The van der Waals surface area contributed by atoms with Crippen LogP contribution in [0.1, 0.15) is 13.8 Å². The van der Waals surface area contributed by atoms with Crippen LogP contribution in [0.15, 0.2) is 17.3 Å². The Labute approximate surface area is 65.2 Å². The molecule has 0 saturated carbocycles. The molecule has 0 fully saturated rings. The molecule has 11 heavy (non-hydrogen) atoms. The van der Waals surface area contributed by atoms with Crippen LogP contribution < -0.4 is 0 Å². The highest BCUT2D eigenvalue weighted by atomic mass is 16.6. The minimum absolute atomic E-state index is 0.0637. The average Bonchev–Trinajstić information content (AvgIpc) is 1.86. The second kappa shape index (κ2) is 4.49. The third kappa shape index (κ3) is 5.14. The van der Waals surface area contributed by atoms with Gasteiger partial charge in [0.15, 0.2) is 5.71 Å². The van der Waals surface area contributed by atoms with Gasteiger partial charge in [-0.15, -0.1) is 0 Å². The van der Waals surface area contributed by atoms with Crippen molar-refractivity contribution in [2.24, 2.45) is 5.16 Å². The summed E-state index contributed by atoms with van der Waals surface area (Å²) in [4.78, 5) is 14.8. The van der Waals surface area contributed by atoms with Gasteiger partial charge in [0.2, 0.25) is 0 Å². The van der Waals surface area contributed by atoms with Crippen molar-refractivity contribution in [3.63, 3.8) is 0 Å². The second-order valence-electron chi connectivity index (χ2n) is 2.21. The number of rotatable bonds is 4. The molecule has 62 valence electrons. The Morgan fingerprint density at radius 3 is 2.55 bits per heavy atom. The summed E-state index contributed by atoms with van der Waals surface area (Å²) in [5.41, 5.74) is 0.734. The second-order valence-corrected chi connectivity index (χ2v) is 2.21. The largest absolute Gasteiger partial charge is 0.477 e. The standard InChI is InChI=1S/C7H11NO3/c1-5(2)4-11-8-6(3)7(9)10/h1,4H2,2-3H3,(H,9,10)/b8-6-. The van der Waals surface area contributed by atoms with Crippen molar-refractivity contribution in [3.8, 4) is 0 Å². The topological polar surface area (TPSA) is 58.9 Å². The molecule has 0 heterocycles. The molecule has 0 aliphatic heterocycles. The van der Waals surface area contributed by atoms with Gasteiger partial charge in [0, 0.05) is 0 Å². The van der Waals surface area contributed by atoms with Gasteiger partial charge in [-0.05, 0) is 19.4 Å². The van der Waals surface area contributed by atoms with Crippen molar-refractivity contribution in [2.45, 2.75) is 13.8 Å². The lowest BCUT2D eigenvalue weighted by Gasteiger charge is -1.97. The third-order valence-electron chi connectivity index (χ3n) is 0.822. The van der Waals surface area contributed by atoms with Gasteiger partial charge in [-0.25, -0.2) is 4.79 Å². The number of carbonyl (C=O) groups is 1. The van der Waals surface area contributed by atoms with Crippen molar-refractivity contribution < 1.29 is 14.7 Å². The van der Waals surface area contributed by atoms with E-state index in [0.29, 0.717) is 0 Å². The summed E-state index contributed by atoms with van der Waals surface area (Å²) in [5, 5.41) is 11.6. The zero-order valence-electron chi connectivity index (χ0n) is 6.63. The first-order valence-electron chi connectivity index (χ1n) is 3.08. The molecule has 0 aliphatic rings. The van der Waals surface area contributed by atoms with E-state index in [1.807, 2.05) is 0 Å². The quantitative estimate of drug-likeness (QED) is 0.377. The molecule has 4 heteroatoms. The highest BCUT2D eigenvalue weighted by Crippen LogP contribution is 1.89. The Morgan fingerprint density at radius 2 is 2.18 bits per heavy atom. The third-order valence-corrected chi connectivity index (χ3v) is 0.822. The Kier molecular flexibility index (Phi) is 3.95. The Bertz CT molecular complexity index is 196. The maximum atomic E-state index is 10.1. The van der Waals surface area contributed by atoms with Gasteiger partial charge in [-0.2, -0.15) is 0 Å². The maximum absolute atomic E-state index is 10.1. The minimum Gasteiger partial charge on any atom is -0.477 e. The smallest absolute Gasteiger partial charge is 0.353 e. The van der Waals surface area contributed by atoms with E-state index in [4.69, 9.17) is 5.11 Å². The predicted molar refractivity (Wildman–Crippen MR) is 41.5 cm³/mol. The lowest BCUT2D eigenvalue weighted by atomic mass is 10.4. The Balaban J connectivity index is 3.74. The number of hydrogen-bond donors (Lipinski definition) is 1. The predicted octanol–water partition coefficient (Wildman–Crippen LogP) is 1.04. The molecule has 0 unspecified atom stereocenters. The number of hydrogen-bond acceptors (Lipinski definition) is 3. The Morgan fingerprint density at radius 1 is 1.64 bits per heavy atom. The highest BCUT2D eigenvalue weighted by molar-refractivity contribution is 6.34. The molecule has 0 rings (SSSR count). The van der Waals surface area contributed by atoms with Crippen LogP contribution in [0.5, 0.6) is 0 Å². The fourth-order valence-corrected chi connectivity index (χ4v) is 0.278. The average molecular weight is 157 g/mol. The van der Waals surface area contributed by atoms with Crippen LogP contribution in [0.2, 0.25) is 0 Å². The maximum Gasteiger partial charge on any atom is 0.353 e. The molecule has 0 spiro atoms. The number of carboxylic acids is 1. The molecular weight excluding hydrogens is 146 g/mol.